The van der Waals surface area contributed by atoms with Crippen molar-refractivity contribution in [2.45, 2.75) is 38.0 Å². The maximum absolute atomic E-state index is 14.9. The number of rotatable bonds is 8. The number of nitrogens with one attached hydrogen (secondary N) is 3. The van der Waals surface area contributed by atoms with Crippen LogP contribution in [-0.2, 0) is 4.79 Å². The number of aromatic amines is 1. The molecular weight excluding hydrogens is 482 g/mol. The second kappa shape index (κ2) is 8.95. The number of nitrogens with zero attached hydrogens (tertiary/aromatic N) is 4. The molecule has 1 amide bonds. The summed E-state index contributed by atoms with van der Waals surface area (Å²) in [5.74, 6) is 0.726. The predicted molar refractivity (Wildman–Crippen MR) is 123 cm³/mol. The lowest BCUT2D eigenvalue weighted by Gasteiger charge is -2.45. The average molecular weight is 505 g/mol. The molecule has 3 heterocycles. The lowest BCUT2D eigenvalue weighted by molar-refractivity contribution is -0.150. The molecule has 1 saturated carbocycles. The molecule has 1 saturated heterocycles. The molecule has 2 aromatic heterocycles. The van der Waals surface area contributed by atoms with Crippen LogP contribution in [0.1, 0.15) is 25.0 Å². The van der Waals surface area contributed by atoms with Crippen molar-refractivity contribution >= 4 is 29.0 Å². The molecule has 3 N–H and O–H groups in total. The summed E-state index contributed by atoms with van der Waals surface area (Å²) in [6.07, 6.45) is -4.36. The maximum atomic E-state index is 14.9. The monoisotopic (exact) mass is 505 g/mol. The number of ether oxygens (including phenoxy) is 1. The third kappa shape index (κ3) is 5.66. The van der Waals surface area contributed by atoms with E-state index in [1.807, 2.05) is 11.8 Å². The van der Waals surface area contributed by atoms with Crippen molar-refractivity contribution in [1.29, 1.82) is 0 Å². The van der Waals surface area contributed by atoms with Gasteiger partial charge in [0.1, 0.15) is 35.3 Å². The highest BCUT2D eigenvalue weighted by molar-refractivity contribution is 5.91. The number of H-pyrrole nitrogens is 1. The van der Waals surface area contributed by atoms with Gasteiger partial charge in [-0.05, 0) is 49.9 Å². The molecule has 0 radical (unpaired) electrons. The van der Waals surface area contributed by atoms with Crippen LogP contribution < -0.4 is 20.3 Å². The van der Waals surface area contributed by atoms with Gasteiger partial charge in [-0.1, -0.05) is 0 Å². The first-order valence-electron chi connectivity index (χ1n) is 11.3. The number of halogens is 4. The first kappa shape index (κ1) is 23.8. The van der Waals surface area contributed by atoms with E-state index < -0.39 is 24.2 Å². The van der Waals surface area contributed by atoms with Gasteiger partial charge in [0.15, 0.2) is 0 Å². The molecule has 5 rings (SSSR count). The van der Waals surface area contributed by atoms with E-state index in [-0.39, 0.29) is 30.7 Å². The van der Waals surface area contributed by atoms with Gasteiger partial charge < -0.3 is 20.3 Å². The Hall–Kier alpha value is -3.90. The van der Waals surface area contributed by atoms with Gasteiger partial charge in [-0.2, -0.15) is 28.2 Å². The number of anilines is 4. The van der Waals surface area contributed by atoms with Gasteiger partial charge in [-0.15, -0.1) is 0 Å². The first-order chi connectivity index (χ1) is 17.0. The summed E-state index contributed by atoms with van der Waals surface area (Å²) in [5.41, 5.74) is -0.241. The normalized spacial score (nSPS) is 16.9. The molecule has 1 aliphatic carbocycles. The second-order valence-electron chi connectivity index (χ2n) is 9.07. The Labute approximate surface area is 203 Å². The number of amides is 1. The number of alkyl halides is 4. The van der Waals surface area contributed by atoms with Crippen LogP contribution in [0, 0.1) is 12.8 Å². The zero-order valence-corrected chi connectivity index (χ0v) is 19.2. The first-order valence-corrected chi connectivity index (χ1v) is 11.3. The van der Waals surface area contributed by atoms with Crippen LogP contribution in [0.4, 0.5) is 40.7 Å². The third-order valence-corrected chi connectivity index (χ3v) is 5.91. The van der Waals surface area contributed by atoms with Crippen LogP contribution >= 0.6 is 0 Å². The van der Waals surface area contributed by atoms with E-state index in [2.05, 4.69) is 30.8 Å². The zero-order valence-electron chi connectivity index (χ0n) is 19.2. The molecule has 0 unspecified atom stereocenters. The fourth-order valence-corrected chi connectivity index (χ4v) is 4.02. The van der Waals surface area contributed by atoms with Gasteiger partial charge in [0.2, 0.25) is 5.91 Å². The molecule has 1 aliphatic heterocycles. The van der Waals surface area contributed by atoms with Gasteiger partial charge in [-0.25, -0.2) is 4.39 Å². The smallest absolute Gasteiger partial charge is 0.397 e. The highest BCUT2D eigenvalue weighted by Crippen LogP contribution is 2.48. The Kier molecular flexibility index (Phi) is 5.92. The van der Waals surface area contributed by atoms with Gasteiger partial charge in [-0.3, -0.25) is 9.89 Å². The zero-order chi connectivity index (χ0) is 25.5. The summed E-state index contributed by atoms with van der Waals surface area (Å²) < 4.78 is 57.8. The lowest BCUT2D eigenvalue weighted by atomic mass is 9.91. The van der Waals surface area contributed by atoms with Crippen molar-refractivity contribution in [3.05, 3.63) is 42.1 Å². The summed E-state index contributed by atoms with van der Waals surface area (Å²) in [6.45, 7) is 2.31. The molecule has 2 aliphatic rings. The van der Waals surface area contributed by atoms with E-state index in [1.54, 1.807) is 12.1 Å². The van der Waals surface area contributed by atoms with Crippen molar-refractivity contribution < 1.29 is 27.1 Å². The second-order valence-corrected chi connectivity index (χ2v) is 9.07. The minimum atomic E-state index is -4.59. The molecule has 1 aromatic carbocycles. The number of aromatic nitrogens is 4. The van der Waals surface area contributed by atoms with Crippen molar-refractivity contribution in [2.75, 3.05) is 28.6 Å². The average Bonchev–Trinajstić information content (AvgIpc) is 3.54. The SMILES string of the molecule is Cc1cc(Nc2cc(N3CC(F)(C4CC4)C3)nc(Oc3ccc(NC(=O)CC(F)(F)F)cc3)n2)[nH]n1. The quantitative estimate of drug-likeness (QED) is 0.375. The summed E-state index contributed by atoms with van der Waals surface area (Å²) >= 11 is 0. The Morgan fingerprint density at radius 3 is 2.53 bits per heavy atom. The van der Waals surface area contributed by atoms with Crippen molar-refractivity contribution in [2.24, 2.45) is 5.92 Å². The van der Waals surface area contributed by atoms with Crippen molar-refractivity contribution in [1.82, 2.24) is 20.2 Å². The molecule has 0 bridgehead atoms. The molecular formula is C23H23F4N7O2. The minimum absolute atomic E-state index is 0.0112. The van der Waals surface area contributed by atoms with Gasteiger partial charge in [0.25, 0.3) is 0 Å². The van der Waals surface area contributed by atoms with Gasteiger partial charge in [0, 0.05) is 17.8 Å². The summed E-state index contributed by atoms with van der Waals surface area (Å²) in [7, 11) is 0. The molecule has 36 heavy (non-hydrogen) atoms. The van der Waals surface area contributed by atoms with E-state index in [9.17, 15) is 22.4 Å². The van der Waals surface area contributed by atoms with E-state index in [1.165, 1.54) is 24.3 Å². The van der Waals surface area contributed by atoms with Crippen LogP contribution in [0.15, 0.2) is 36.4 Å². The Balaban J connectivity index is 1.31. The Morgan fingerprint density at radius 1 is 1.19 bits per heavy atom. The Morgan fingerprint density at radius 2 is 1.92 bits per heavy atom. The van der Waals surface area contributed by atoms with Crippen molar-refractivity contribution in [3.8, 4) is 11.8 Å². The topological polar surface area (TPSA) is 108 Å². The fraction of sp³-hybridized carbons (Fsp3) is 0.391. The molecule has 9 nitrogen and oxygen atoms in total. The number of aryl methyl sites for hydroxylation is 1. The van der Waals surface area contributed by atoms with Crippen LogP contribution in [0.25, 0.3) is 0 Å². The molecule has 3 aromatic rings. The number of hydrogen-bond acceptors (Lipinski definition) is 7. The fourth-order valence-electron chi connectivity index (χ4n) is 4.02. The van der Waals surface area contributed by atoms with Gasteiger partial charge in [0.05, 0.1) is 18.8 Å². The predicted octanol–water partition coefficient (Wildman–Crippen LogP) is 4.87. The highest BCUT2D eigenvalue weighted by atomic mass is 19.4. The highest BCUT2D eigenvalue weighted by Gasteiger charge is 2.54. The molecule has 0 spiro atoms. The molecule has 190 valence electrons. The number of carbonyl (C=O) groups is 1. The molecule has 2 fully saturated rings. The molecule has 0 atom stereocenters. The Bertz CT molecular complexity index is 1250. The maximum Gasteiger partial charge on any atom is 0.397 e. The van der Waals surface area contributed by atoms with Crippen LogP contribution in [0.3, 0.4) is 0 Å². The lowest BCUT2D eigenvalue weighted by Crippen LogP contribution is -2.60. The minimum Gasteiger partial charge on any atom is -0.424 e. The van der Waals surface area contributed by atoms with Crippen LogP contribution in [0.2, 0.25) is 0 Å². The summed E-state index contributed by atoms with van der Waals surface area (Å²) in [6, 6.07) is 9.21. The number of hydrogen-bond donors (Lipinski definition) is 3. The standard InChI is InChI=1S/C23H23F4N7O2/c1-13-8-18(33-32-13)29-17-9-19(34-11-22(24,12-34)14-2-3-14)31-21(30-17)36-16-6-4-15(5-7-16)28-20(35)10-23(25,26)27/h4-9,14H,2-3,10-12H2,1H3,(H,28,35)(H2,29,30,31,32,33). The third-order valence-electron chi connectivity index (χ3n) is 5.91. The van der Waals surface area contributed by atoms with E-state index in [0.29, 0.717) is 23.2 Å². The van der Waals surface area contributed by atoms with E-state index in [4.69, 9.17) is 4.74 Å². The summed E-state index contributed by atoms with van der Waals surface area (Å²) in [4.78, 5) is 22.1. The van der Waals surface area contributed by atoms with E-state index >= 15 is 0 Å². The number of benzene rings is 1. The largest absolute Gasteiger partial charge is 0.424 e. The summed E-state index contributed by atoms with van der Waals surface area (Å²) in [5, 5.41) is 12.2. The van der Waals surface area contributed by atoms with Gasteiger partial charge >= 0.3 is 12.2 Å². The van der Waals surface area contributed by atoms with Crippen molar-refractivity contribution in [3.63, 3.8) is 0 Å². The van der Waals surface area contributed by atoms with E-state index in [0.717, 1.165) is 18.5 Å². The number of carbonyl (C=O) groups excluding carboxylic acids is 1. The molecule has 13 heteroatoms. The van der Waals surface area contributed by atoms with Crippen LogP contribution in [0.5, 0.6) is 11.8 Å². The van der Waals surface area contributed by atoms with Crippen LogP contribution in [-0.4, -0.2) is 51.0 Å².